The summed E-state index contributed by atoms with van der Waals surface area (Å²) in [6, 6.07) is 6.71. The summed E-state index contributed by atoms with van der Waals surface area (Å²) < 4.78 is 11.4. The van der Waals surface area contributed by atoms with Crippen molar-refractivity contribution in [2.75, 3.05) is 13.2 Å². The van der Waals surface area contributed by atoms with E-state index >= 15 is 0 Å². The molecule has 0 fully saturated rings. The number of aromatic nitrogens is 3. The van der Waals surface area contributed by atoms with E-state index in [1.165, 1.54) is 10.9 Å². The summed E-state index contributed by atoms with van der Waals surface area (Å²) in [5.41, 5.74) is 1.28. The molecule has 7 nitrogen and oxygen atoms in total. The molecule has 1 aromatic heterocycles. The second-order valence-electron chi connectivity index (χ2n) is 4.81. The third kappa shape index (κ3) is 4.38. The maximum atomic E-state index is 11.8. The van der Waals surface area contributed by atoms with E-state index in [1.54, 1.807) is 31.2 Å². The quantitative estimate of drug-likeness (QED) is 0.576. The molecular formula is C16H19N3O4. The van der Waals surface area contributed by atoms with Gasteiger partial charge in [-0.05, 0) is 37.6 Å². The van der Waals surface area contributed by atoms with Gasteiger partial charge in [-0.15, -0.1) is 5.10 Å². The number of carbonyl (C=O) groups excluding carboxylic acids is 2. The van der Waals surface area contributed by atoms with E-state index < -0.39 is 5.97 Å². The second kappa shape index (κ2) is 8.07. The molecule has 0 radical (unpaired) electrons. The maximum absolute atomic E-state index is 11.8. The SMILES string of the molecule is CCCCOC(=O)c1ccc(-n2cc(C(=O)OCC)nn2)cc1. The van der Waals surface area contributed by atoms with E-state index in [0.29, 0.717) is 17.9 Å². The van der Waals surface area contributed by atoms with E-state index in [4.69, 9.17) is 9.47 Å². The van der Waals surface area contributed by atoms with Crippen molar-refractivity contribution in [3.05, 3.63) is 41.7 Å². The lowest BCUT2D eigenvalue weighted by molar-refractivity contribution is 0.0496. The van der Waals surface area contributed by atoms with Crippen LogP contribution in [0.1, 0.15) is 47.5 Å². The number of carbonyl (C=O) groups is 2. The second-order valence-corrected chi connectivity index (χ2v) is 4.81. The summed E-state index contributed by atoms with van der Waals surface area (Å²) in [4.78, 5) is 23.4. The highest BCUT2D eigenvalue weighted by atomic mass is 16.5. The first-order valence-corrected chi connectivity index (χ1v) is 7.52. The van der Waals surface area contributed by atoms with Crippen LogP contribution in [0.2, 0.25) is 0 Å². The number of ether oxygens (including phenoxy) is 2. The number of esters is 2. The summed E-state index contributed by atoms with van der Waals surface area (Å²) in [6.45, 7) is 4.45. The number of nitrogens with zero attached hydrogens (tertiary/aromatic N) is 3. The molecule has 0 amide bonds. The lowest BCUT2D eigenvalue weighted by Crippen LogP contribution is -2.06. The molecule has 0 spiro atoms. The molecule has 2 aromatic rings. The van der Waals surface area contributed by atoms with Gasteiger partial charge in [0, 0.05) is 0 Å². The van der Waals surface area contributed by atoms with Crippen LogP contribution in [-0.4, -0.2) is 40.1 Å². The highest BCUT2D eigenvalue weighted by molar-refractivity contribution is 5.89. The van der Waals surface area contributed by atoms with Crippen LogP contribution in [0.25, 0.3) is 5.69 Å². The summed E-state index contributed by atoms with van der Waals surface area (Å²) in [7, 11) is 0. The smallest absolute Gasteiger partial charge is 0.360 e. The Labute approximate surface area is 134 Å². The highest BCUT2D eigenvalue weighted by Gasteiger charge is 2.13. The molecular weight excluding hydrogens is 298 g/mol. The minimum absolute atomic E-state index is 0.134. The highest BCUT2D eigenvalue weighted by Crippen LogP contribution is 2.11. The van der Waals surface area contributed by atoms with Crippen LogP contribution < -0.4 is 0 Å². The van der Waals surface area contributed by atoms with Gasteiger partial charge in [-0.1, -0.05) is 18.6 Å². The fraction of sp³-hybridized carbons (Fsp3) is 0.375. The third-order valence-electron chi connectivity index (χ3n) is 3.08. The third-order valence-corrected chi connectivity index (χ3v) is 3.08. The van der Waals surface area contributed by atoms with Crippen molar-refractivity contribution in [1.29, 1.82) is 0 Å². The standard InChI is InChI=1S/C16H19N3O4/c1-3-5-10-23-15(20)12-6-8-13(9-7-12)19-11-14(17-18-19)16(21)22-4-2/h6-9,11H,3-5,10H2,1-2H3. The minimum Gasteiger partial charge on any atom is -0.462 e. The lowest BCUT2D eigenvalue weighted by atomic mass is 10.2. The van der Waals surface area contributed by atoms with Crippen molar-refractivity contribution in [2.24, 2.45) is 0 Å². The zero-order chi connectivity index (χ0) is 16.7. The number of benzene rings is 1. The Morgan fingerprint density at radius 2 is 1.83 bits per heavy atom. The van der Waals surface area contributed by atoms with Gasteiger partial charge in [0.2, 0.25) is 0 Å². The lowest BCUT2D eigenvalue weighted by Gasteiger charge is -2.05. The summed E-state index contributed by atoms with van der Waals surface area (Å²) in [6.07, 6.45) is 3.30. The van der Waals surface area contributed by atoms with Crippen molar-refractivity contribution >= 4 is 11.9 Å². The van der Waals surface area contributed by atoms with Gasteiger partial charge in [-0.2, -0.15) is 0 Å². The molecule has 0 saturated heterocycles. The number of rotatable bonds is 7. The van der Waals surface area contributed by atoms with Gasteiger partial charge < -0.3 is 9.47 Å². The Morgan fingerprint density at radius 1 is 1.09 bits per heavy atom. The molecule has 0 unspecified atom stereocenters. The maximum Gasteiger partial charge on any atom is 0.360 e. The molecule has 122 valence electrons. The van der Waals surface area contributed by atoms with E-state index in [9.17, 15) is 9.59 Å². The summed E-state index contributed by atoms with van der Waals surface area (Å²) in [5, 5.41) is 7.64. The zero-order valence-electron chi connectivity index (χ0n) is 13.2. The largest absolute Gasteiger partial charge is 0.462 e. The molecule has 1 heterocycles. The summed E-state index contributed by atoms with van der Waals surface area (Å²) >= 11 is 0. The van der Waals surface area contributed by atoms with E-state index in [1.807, 2.05) is 6.92 Å². The molecule has 0 aliphatic heterocycles. The van der Waals surface area contributed by atoms with Crippen LogP contribution in [0.4, 0.5) is 0 Å². The average Bonchev–Trinajstić information content (AvgIpc) is 3.05. The van der Waals surface area contributed by atoms with Gasteiger partial charge in [-0.25, -0.2) is 14.3 Å². The van der Waals surface area contributed by atoms with Crippen LogP contribution in [0, 0.1) is 0 Å². The Balaban J connectivity index is 2.05. The molecule has 0 bridgehead atoms. The van der Waals surface area contributed by atoms with Crippen LogP contribution in [0.5, 0.6) is 0 Å². The van der Waals surface area contributed by atoms with Crippen LogP contribution in [-0.2, 0) is 9.47 Å². The van der Waals surface area contributed by atoms with Gasteiger partial charge in [0.25, 0.3) is 0 Å². The Kier molecular flexibility index (Phi) is 5.85. The van der Waals surface area contributed by atoms with Crippen molar-refractivity contribution in [3.63, 3.8) is 0 Å². The molecule has 7 heteroatoms. The molecule has 23 heavy (non-hydrogen) atoms. The first kappa shape index (κ1) is 16.7. The fourth-order valence-corrected chi connectivity index (χ4v) is 1.83. The molecule has 0 N–H and O–H groups in total. The predicted molar refractivity (Wildman–Crippen MR) is 82.5 cm³/mol. The van der Waals surface area contributed by atoms with Crippen LogP contribution in [0.15, 0.2) is 30.5 Å². The fourth-order valence-electron chi connectivity index (χ4n) is 1.83. The van der Waals surface area contributed by atoms with E-state index in [2.05, 4.69) is 10.3 Å². The molecule has 0 aliphatic rings. The van der Waals surface area contributed by atoms with E-state index in [0.717, 1.165) is 12.8 Å². The van der Waals surface area contributed by atoms with Crippen molar-refractivity contribution in [2.45, 2.75) is 26.7 Å². The summed E-state index contributed by atoms with van der Waals surface area (Å²) in [5.74, 6) is -0.870. The molecule has 0 saturated carbocycles. The van der Waals surface area contributed by atoms with Crippen LogP contribution in [0.3, 0.4) is 0 Å². The number of hydrogen-bond acceptors (Lipinski definition) is 6. The van der Waals surface area contributed by atoms with E-state index in [-0.39, 0.29) is 18.3 Å². The Bertz CT molecular complexity index is 664. The first-order chi connectivity index (χ1) is 11.2. The molecule has 1 aromatic carbocycles. The van der Waals surface area contributed by atoms with Gasteiger partial charge in [0.15, 0.2) is 5.69 Å². The minimum atomic E-state index is -0.519. The monoisotopic (exact) mass is 317 g/mol. The van der Waals surface area contributed by atoms with Gasteiger partial charge in [-0.3, -0.25) is 0 Å². The average molecular weight is 317 g/mol. The molecule has 0 atom stereocenters. The van der Waals surface area contributed by atoms with Gasteiger partial charge >= 0.3 is 11.9 Å². The molecule has 2 rings (SSSR count). The van der Waals surface area contributed by atoms with Gasteiger partial charge in [0.05, 0.1) is 30.7 Å². The van der Waals surface area contributed by atoms with Crippen molar-refractivity contribution in [1.82, 2.24) is 15.0 Å². The van der Waals surface area contributed by atoms with Crippen LogP contribution >= 0.6 is 0 Å². The first-order valence-electron chi connectivity index (χ1n) is 7.52. The van der Waals surface area contributed by atoms with Crippen molar-refractivity contribution in [3.8, 4) is 5.69 Å². The molecule has 0 aliphatic carbocycles. The number of unbranched alkanes of at least 4 members (excludes halogenated alkanes) is 1. The number of hydrogen-bond donors (Lipinski definition) is 0. The zero-order valence-corrected chi connectivity index (χ0v) is 13.2. The van der Waals surface area contributed by atoms with Crippen molar-refractivity contribution < 1.29 is 19.1 Å². The Hall–Kier alpha value is -2.70. The normalized spacial score (nSPS) is 10.3. The predicted octanol–water partition coefficient (Wildman–Crippen LogP) is 2.40. The Morgan fingerprint density at radius 3 is 2.48 bits per heavy atom. The topological polar surface area (TPSA) is 83.3 Å². The van der Waals surface area contributed by atoms with Gasteiger partial charge in [0.1, 0.15) is 0 Å².